The maximum Gasteiger partial charge on any atom is 0.204 e. The van der Waals surface area contributed by atoms with Gasteiger partial charge in [0.25, 0.3) is 0 Å². The van der Waals surface area contributed by atoms with Gasteiger partial charge >= 0.3 is 0 Å². The van der Waals surface area contributed by atoms with Crippen molar-refractivity contribution in [3.05, 3.63) is 23.1 Å². The van der Waals surface area contributed by atoms with E-state index in [4.69, 9.17) is 26.3 Å². The van der Waals surface area contributed by atoms with Crippen LogP contribution in [0.15, 0.2) is 21.3 Å². The zero-order chi connectivity index (χ0) is 11.7. The zero-order valence-corrected chi connectivity index (χ0v) is 9.91. The molecule has 0 aliphatic heterocycles. The first-order valence-electron chi connectivity index (χ1n) is 5.07. The van der Waals surface area contributed by atoms with Crippen LogP contribution in [0.4, 0.5) is 5.82 Å². The van der Waals surface area contributed by atoms with Gasteiger partial charge in [-0.25, -0.2) is 0 Å². The van der Waals surface area contributed by atoms with Crippen LogP contribution in [0.1, 0.15) is 19.4 Å². The number of nitrogens with two attached hydrogens (primary N) is 1. The van der Waals surface area contributed by atoms with Gasteiger partial charge < -0.3 is 14.7 Å². The topological polar surface area (TPSA) is 65.2 Å². The van der Waals surface area contributed by atoms with Crippen LogP contribution in [0.5, 0.6) is 0 Å². The van der Waals surface area contributed by atoms with E-state index in [2.05, 4.69) is 19.0 Å². The van der Waals surface area contributed by atoms with E-state index in [0.29, 0.717) is 28.3 Å². The molecule has 0 radical (unpaired) electrons. The highest BCUT2D eigenvalue weighted by Crippen LogP contribution is 2.34. The molecule has 0 aliphatic rings. The average Bonchev–Trinajstić information content (AvgIpc) is 2.75. The molecule has 0 saturated heterocycles. The first kappa shape index (κ1) is 11.1. The van der Waals surface area contributed by atoms with Crippen molar-refractivity contribution in [3.8, 4) is 11.3 Å². The minimum Gasteiger partial charge on any atom is -0.452 e. The highest BCUT2D eigenvalue weighted by atomic mass is 35.5. The van der Waals surface area contributed by atoms with Crippen LogP contribution in [-0.4, -0.2) is 5.16 Å². The lowest BCUT2D eigenvalue weighted by molar-refractivity contribution is 0.433. The van der Waals surface area contributed by atoms with E-state index >= 15 is 0 Å². The molecular formula is C11H13ClN2O2. The number of hydrogen-bond acceptors (Lipinski definition) is 4. The van der Waals surface area contributed by atoms with Crippen LogP contribution in [-0.2, 0) is 6.42 Å². The number of furan rings is 1. The molecule has 0 bridgehead atoms. The SMILES string of the molecule is CC(C)Cc1c(N)noc1-c1ccoc1Cl. The Bertz CT molecular complexity index is 488. The number of aromatic nitrogens is 1. The summed E-state index contributed by atoms with van der Waals surface area (Å²) in [6, 6.07) is 1.74. The van der Waals surface area contributed by atoms with Gasteiger partial charge in [0.1, 0.15) is 0 Å². The third-order valence-corrected chi connectivity index (χ3v) is 2.59. The third-order valence-electron chi connectivity index (χ3n) is 2.29. The summed E-state index contributed by atoms with van der Waals surface area (Å²) in [5.41, 5.74) is 7.35. The predicted octanol–water partition coefficient (Wildman–Crippen LogP) is 3.37. The maximum absolute atomic E-state index is 5.90. The first-order valence-corrected chi connectivity index (χ1v) is 5.44. The van der Waals surface area contributed by atoms with Crippen LogP contribution in [0.25, 0.3) is 11.3 Å². The average molecular weight is 241 g/mol. The van der Waals surface area contributed by atoms with Gasteiger partial charge in [-0.2, -0.15) is 0 Å². The molecule has 4 nitrogen and oxygen atoms in total. The van der Waals surface area contributed by atoms with Gasteiger partial charge in [-0.3, -0.25) is 0 Å². The normalized spacial score (nSPS) is 11.2. The molecule has 0 atom stereocenters. The third kappa shape index (κ3) is 1.93. The zero-order valence-electron chi connectivity index (χ0n) is 9.16. The van der Waals surface area contributed by atoms with E-state index in [1.807, 2.05) is 0 Å². The standard InChI is InChI=1S/C11H13ClN2O2/c1-6(2)5-8-9(16-14-11(8)13)7-3-4-15-10(7)12/h3-4,6H,5H2,1-2H3,(H2,13,14). The molecule has 0 unspecified atom stereocenters. The Morgan fingerprint density at radius 2 is 2.25 bits per heavy atom. The molecule has 0 saturated carbocycles. The number of hydrogen-bond donors (Lipinski definition) is 1. The fourth-order valence-corrected chi connectivity index (χ4v) is 1.79. The molecule has 0 amide bonds. The fraction of sp³-hybridized carbons (Fsp3) is 0.364. The monoisotopic (exact) mass is 240 g/mol. The van der Waals surface area contributed by atoms with Gasteiger partial charge in [0.15, 0.2) is 11.6 Å². The van der Waals surface area contributed by atoms with E-state index in [0.717, 1.165) is 12.0 Å². The summed E-state index contributed by atoms with van der Waals surface area (Å²) in [6.45, 7) is 4.21. The second kappa shape index (κ2) is 4.22. The second-order valence-electron chi connectivity index (χ2n) is 4.08. The van der Waals surface area contributed by atoms with E-state index in [9.17, 15) is 0 Å². The number of nitrogens with zero attached hydrogens (tertiary/aromatic N) is 1. The van der Waals surface area contributed by atoms with Gasteiger partial charge in [-0.05, 0) is 30.0 Å². The predicted molar refractivity (Wildman–Crippen MR) is 62.2 cm³/mol. The highest BCUT2D eigenvalue weighted by molar-refractivity contribution is 6.31. The molecule has 2 aromatic heterocycles. The molecule has 86 valence electrons. The van der Waals surface area contributed by atoms with Crippen molar-refractivity contribution < 1.29 is 8.94 Å². The lowest BCUT2D eigenvalue weighted by Crippen LogP contribution is -1.98. The van der Waals surface area contributed by atoms with E-state index in [-0.39, 0.29) is 0 Å². The quantitative estimate of drug-likeness (QED) is 0.893. The molecule has 0 aliphatic carbocycles. The minimum atomic E-state index is 0.293. The molecular weight excluding hydrogens is 228 g/mol. The Morgan fingerprint density at radius 3 is 2.81 bits per heavy atom. The summed E-state index contributed by atoms with van der Waals surface area (Å²) in [6.07, 6.45) is 2.31. The van der Waals surface area contributed by atoms with Gasteiger partial charge in [0.2, 0.25) is 5.22 Å². The Hall–Kier alpha value is -1.42. The second-order valence-corrected chi connectivity index (χ2v) is 4.42. The number of halogens is 1. The van der Waals surface area contributed by atoms with Crippen molar-refractivity contribution in [2.45, 2.75) is 20.3 Å². The van der Waals surface area contributed by atoms with E-state index in [1.165, 1.54) is 6.26 Å². The summed E-state index contributed by atoms with van der Waals surface area (Å²) >= 11 is 5.90. The van der Waals surface area contributed by atoms with Crippen LogP contribution < -0.4 is 5.73 Å². The van der Waals surface area contributed by atoms with Crippen molar-refractivity contribution in [1.29, 1.82) is 0 Å². The summed E-state index contributed by atoms with van der Waals surface area (Å²) in [5, 5.41) is 4.06. The van der Waals surface area contributed by atoms with Gasteiger partial charge in [0, 0.05) is 5.56 Å². The molecule has 16 heavy (non-hydrogen) atoms. The lowest BCUT2D eigenvalue weighted by atomic mass is 10.0. The Labute approximate surface area is 98.4 Å². The van der Waals surface area contributed by atoms with E-state index < -0.39 is 0 Å². The first-order chi connectivity index (χ1) is 7.59. The Morgan fingerprint density at radius 1 is 1.50 bits per heavy atom. The molecule has 0 spiro atoms. The molecule has 2 rings (SSSR count). The van der Waals surface area contributed by atoms with Crippen molar-refractivity contribution >= 4 is 17.4 Å². The lowest BCUT2D eigenvalue weighted by Gasteiger charge is -2.03. The van der Waals surface area contributed by atoms with Crippen molar-refractivity contribution in [2.75, 3.05) is 5.73 Å². The summed E-state index contributed by atoms with van der Waals surface area (Å²) in [7, 11) is 0. The van der Waals surface area contributed by atoms with Crippen LogP contribution in [0, 0.1) is 5.92 Å². The molecule has 2 heterocycles. The minimum absolute atomic E-state index is 0.293. The smallest absolute Gasteiger partial charge is 0.204 e. The van der Waals surface area contributed by atoms with Gasteiger partial charge in [0.05, 0.1) is 11.8 Å². The van der Waals surface area contributed by atoms with Crippen molar-refractivity contribution in [2.24, 2.45) is 5.92 Å². The molecule has 0 aromatic carbocycles. The summed E-state index contributed by atoms with van der Waals surface area (Å²) in [5.74, 6) is 1.48. The number of nitrogen functional groups attached to an aromatic ring is 1. The largest absolute Gasteiger partial charge is 0.452 e. The molecule has 2 aromatic rings. The summed E-state index contributed by atoms with van der Waals surface area (Å²) in [4.78, 5) is 0. The van der Waals surface area contributed by atoms with Crippen LogP contribution in [0.2, 0.25) is 5.22 Å². The molecule has 2 N–H and O–H groups in total. The van der Waals surface area contributed by atoms with Crippen LogP contribution >= 0.6 is 11.6 Å². The van der Waals surface area contributed by atoms with Gasteiger partial charge in [-0.1, -0.05) is 19.0 Å². The van der Waals surface area contributed by atoms with Crippen molar-refractivity contribution in [3.63, 3.8) is 0 Å². The fourth-order valence-electron chi connectivity index (χ4n) is 1.59. The van der Waals surface area contributed by atoms with Crippen LogP contribution in [0.3, 0.4) is 0 Å². The highest BCUT2D eigenvalue weighted by Gasteiger charge is 2.20. The number of rotatable bonds is 3. The van der Waals surface area contributed by atoms with E-state index in [1.54, 1.807) is 6.07 Å². The van der Waals surface area contributed by atoms with Crippen molar-refractivity contribution in [1.82, 2.24) is 5.16 Å². The Balaban J connectivity index is 2.46. The Kier molecular flexibility index (Phi) is 2.92. The molecule has 0 fully saturated rings. The summed E-state index contributed by atoms with van der Waals surface area (Å²) < 4.78 is 10.2. The van der Waals surface area contributed by atoms with Gasteiger partial charge in [-0.15, -0.1) is 0 Å². The number of anilines is 1. The maximum atomic E-state index is 5.90. The molecule has 5 heteroatoms.